The first-order valence-corrected chi connectivity index (χ1v) is 9.38. The average Bonchev–Trinajstić information content (AvgIpc) is 2.36. The summed E-state index contributed by atoms with van der Waals surface area (Å²) < 4.78 is 0. The van der Waals surface area contributed by atoms with Crippen LogP contribution in [0.1, 0.15) is 52.9 Å². The number of hydrogen-bond acceptors (Lipinski definition) is 3. The van der Waals surface area contributed by atoms with Crippen LogP contribution in [0, 0.1) is 5.41 Å². The zero-order chi connectivity index (χ0) is 14.0. The number of rotatable bonds is 11. The number of hydrogen-bond donors (Lipinski definition) is 1. The van der Waals surface area contributed by atoms with E-state index in [-0.39, 0.29) is 0 Å². The SMILES string of the molecule is CCCC(CS)(CCC)CN(C)C(C)CCSC. The van der Waals surface area contributed by atoms with Crippen molar-refractivity contribution in [2.45, 2.75) is 58.9 Å². The number of thiol groups is 1. The number of thioether (sulfide) groups is 1. The molecule has 0 aliphatic carbocycles. The van der Waals surface area contributed by atoms with E-state index in [1.165, 1.54) is 44.4 Å². The smallest absolute Gasteiger partial charge is 0.00719 e. The minimum absolute atomic E-state index is 0.426. The summed E-state index contributed by atoms with van der Waals surface area (Å²) in [7, 11) is 2.29. The van der Waals surface area contributed by atoms with Gasteiger partial charge in [0.1, 0.15) is 0 Å². The fourth-order valence-electron chi connectivity index (χ4n) is 2.75. The van der Waals surface area contributed by atoms with Gasteiger partial charge in [0.2, 0.25) is 0 Å². The summed E-state index contributed by atoms with van der Waals surface area (Å²) in [6, 6.07) is 0.686. The quantitative estimate of drug-likeness (QED) is 0.555. The molecule has 0 N–H and O–H groups in total. The maximum atomic E-state index is 4.65. The van der Waals surface area contributed by atoms with Crippen LogP contribution in [0.3, 0.4) is 0 Å². The van der Waals surface area contributed by atoms with Crippen LogP contribution in [0.4, 0.5) is 0 Å². The summed E-state index contributed by atoms with van der Waals surface area (Å²) in [6.07, 6.45) is 8.65. The highest BCUT2D eigenvalue weighted by Crippen LogP contribution is 2.32. The third-order valence-electron chi connectivity index (χ3n) is 3.97. The second-order valence-corrected chi connectivity index (χ2v) is 7.01. The summed E-state index contributed by atoms with van der Waals surface area (Å²) in [5, 5.41) is 0. The molecule has 18 heavy (non-hydrogen) atoms. The van der Waals surface area contributed by atoms with Gasteiger partial charge in [-0.2, -0.15) is 24.4 Å². The molecule has 1 unspecified atom stereocenters. The van der Waals surface area contributed by atoms with Crippen LogP contribution in [0.5, 0.6) is 0 Å². The normalized spacial score (nSPS) is 14.2. The zero-order valence-electron chi connectivity index (χ0n) is 13.0. The van der Waals surface area contributed by atoms with E-state index in [2.05, 4.69) is 51.6 Å². The molecule has 0 saturated carbocycles. The van der Waals surface area contributed by atoms with Crippen molar-refractivity contribution in [2.75, 3.05) is 31.4 Å². The van der Waals surface area contributed by atoms with Gasteiger partial charge in [-0.15, -0.1) is 0 Å². The van der Waals surface area contributed by atoms with Crippen LogP contribution >= 0.6 is 24.4 Å². The van der Waals surface area contributed by atoms with Crippen molar-refractivity contribution in [2.24, 2.45) is 5.41 Å². The molecule has 110 valence electrons. The lowest BCUT2D eigenvalue weighted by molar-refractivity contribution is 0.137. The second-order valence-electron chi connectivity index (χ2n) is 5.70. The topological polar surface area (TPSA) is 3.24 Å². The highest BCUT2D eigenvalue weighted by atomic mass is 32.2. The summed E-state index contributed by atoms with van der Waals surface area (Å²) in [5.74, 6) is 2.29. The van der Waals surface area contributed by atoms with Gasteiger partial charge in [0.25, 0.3) is 0 Å². The molecule has 0 radical (unpaired) electrons. The molecule has 1 nitrogen and oxygen atoms in total. The molecular weight excluding hydrogens is 258 g/mol. The van der Waals surface area contributed by atoms with Crippen molar-refractivity contribution >= 4 is 24.4 Å². The summed E-state index contributed by atoms with van der Waals surface area (Å²) in [4.78, 5) is 2.55. The van der Waals surface area contributed by atoms with Gasteiger partial charge in [0.05, 0.1) is 0 Å². The molecule has 0 bridgehead atoms. The largest absolute Gasteiger partial charge is 0.303 e. The summed E-state index contributed by atoms with van der Waals surface area (Å²) >= 11 is 6.60. The van der Waals surface area contributed by atoms with Gasteiger partial charge in [0, 0.05) is 12.6 Å². The van der Waals surface area contributed by atoms with Crippen LogP contribution in [-0.2, 0) is 0 Å². The lowest BCUT2D eigenvalue weighted by Crippen LogP contribution is -2.41. The van der Waals surface area contributed by atoms with Crippen molar-refractivity contribution in [1.82, 2.24) is 4.90 Å². The minimum atomic E-state index is 0.426. The molecular formula is C15H33NS2. The van der Waals surface area contributed by atoms with Gasteiger partial charge < -0.3 is 4.90 Å². The molecule has 0 fully saturated rings. The summed E-state index contributed by atoms with van der Waals surface area (Å²) in [5.41, 5.74) is 0.426. The first kappa shape index (κ1) is 18.7. The average molecular weight is 292 g/mol. The van der Waals surface area contributed by atoms with E-state index in [4.69, 9.17) is 0 Å². The van der Waals surface area contributed by atoms with Gasteiger partial charge >= 0.3 is 0 Å². The first-order valence-electron chi connectivity index (χ1n) is 7.35. The molecule has 0 aromatic heterocycles. The Hall–Kier alpha value is 0.660. The van der Waals surface area contributed by atoms with Crippen molar-refractivity contribution in [3.05, 3.63) is 0 Å². The van der Waals surface area contributed by atoms with Crippen molar-refractivity contribution < 1.29 is 0 Å². The van der Waals surface area contributed by atoms with Gasteiger partial charge in [-0.3, -0.25) is 0 Å². The molecule has 0 spiro atoms. The molecule has 0 aromatic carbocycles. The Morgan fingerprint density at radius 1 is 1.22 bits per heavy atom. The van der Waals surface area contributed by atoms with E-state index in [0.717, 1.165) is 5.75 Å². The van der Waals surface area contributed by atoms with Crippen molar-refractivity contribution in [1.29, 1.82) is 0 Å². The molecule has 0 saturated heterocycles. The van der Waals surface area contributed by atoms with E-state index >= 15 is 0 Å². The fourth-order valence-corrected chi connectivity index (χ4v) is 3.74. The Labute approximate surface area is 125 Å². The third kappa shape index (κ3) is 6.72. The Bertz CT molecular complexity index is 191. The van der Waals surface area contributed by atoms with Gasteiger partial charge in [0.15, 0.2) is 0 Å². The Morgan fingerprint density at radius 2 is 1.78 bits per heavy atom. The number of nitrogens with zero attached hydrogens (tertiary/aromatic N) is 1. The standard InChI is InChI=1S/C15H33NS2/c1-6-9-15(13-17,10-7-2)12-16(4)14(3)8-11-18-5/h14,17H,6-13H2,1-5H3. The highest BCUT2D eigenvalue weighted by Gasteiger charge is 2.29. The molecule has 0 aliphatic rings. The molecule has 0 aliphatic heterocycles. The molecule has 0 amide bonds. The van der Waals surface area contributed by atoms with Crippen LogP contribution < -0.4 is 0 Å². The molecule has 3 heteroatoms. The monoisotopic (exact) mass is 291 g/mol. The lowest BCUT2D eigenvalue weighted by atomic mass is 9.80. The van der Waals surface area contributed by atoms with E-state index in [1.807, 2.05) is 11.8 Å². The first-order chi connectivity index (χ1) is 8.55. The van der Waals surface area contributed by atoms with Gasteiger partial charge in [-0.25, -0.2) is 0 Å². The molecule has 1 atom stereocenters. The fraction of sp³-hybridized carbons (Fsp3) is 1.00. The minimum Gasteiger partial charge on any atom is -0.303 e. The van der Waals surface area contributed by atoms with Crippen LogP contribution in [0.2, 0.25) is 0 Å². The Balaban J connectivity index is 4.44. The zero-order valence-corrected chi connectivity index (χ0v) is 14.7. The van der Waals surface area contributed by atoms with E-state index in [9.17, 15) is 0 Å². The molecule has 0 aromatic rings. The van der Waals surface area contributed by atoms with E-state index in [0.29, 0.717) is 11.5 Å². The predicted molar refractivity (Wildman–Crippen MR) is 91.2 cm³/mol. The van der Waals surface area contributed by atoms with Crippen LogP contribution in [-0.4, -0.2) is 42.3 Å². The maximum absolute atomic E-state index is 4.65. The Kier molecular flexibility index (Phi) is 10.8. The van der Waals surface area contributed by atoms with E-state index < -0.39 is 0 Å². The van der Waals surface area contributed by atoms with Crippen molar-refractivity contribution in [3.8, 4) is 0 Å². The van der Waals surface area contributed by atoms with Crippen LogP contribution in [0.15, 0.2) is 0 Å². The predicted octanol–water partition coefficient (Wildman–Crippen LogP) is 4.58. The maximum Gasteiger partial charge on any atom is 0.00719 e. The lowest BCUT2D eigenvalue weighted by Gasteiger charge is -2.38. The molecule has 0 rings (SSSR count). The Morgan fingerprint density at radius 3 is 2.17 bits per heavy atom. The summed E-state index contributed by atoms with van der Waals surface area (Å²) in [6.45, 7) is 8.15. The van der Waals surface area contributed by atoms with Gasteiger partial charge in [-0.05, 0) is 56.4 Å². The van der Waals surface area contributed by atoms with E-state index in [1.54, 1.807) is 0 Å². The van der Waals surface area contributed by atoms with Crippen molar-refractivity contribution in [3.63, 3.8) is 0 Å². The third-order valence-corrected chi connectivity index (χ3v) is 5.29. The molecule has 0 heterocycles. The van der Waals surface area contributed by atoms with Gasteiger partial charge in [-0.1, -0.05) is 26.7 Å². The highest BCUT2D eigenvalue weighted by molar-refractivity contribution is 7.98. The second kappa shape index (κ2) is 10.4. The van der Waals surface area contributed by atoms with Crippen LogP contribution in [0.25, 0.3) is 0 Å².